The van der Waals surface area contributed by atoms with E-state index in [1.165, 1.54) is 0 Å². The lowest BCUT2D eigenvalue weighted by Gasteiger charge is -2.44. The molecule has 0 radical (unpaired) electrons. The van der Waals surface area contributed by atoms with Crippen LogP contribution in [0.15, 0.2) is 0 Å². The molecule has 0 aromatic rings. The van der Waals surface area contributed by atoms with Gasteiger partial charge in [0.15, 0.2) is 0 Å². The van der Waals surface area contributed by atoms with Gasteiger partial charge >= 0.3 is 0 Å². The Morgan fingerprint density at radius 2 is 1.93 bits per heavy atom. The van der Waals surface area contributed by atoms with E-state index in [1.807, 2.05) is 0 Å². The van der Waals surface area contributed by atoms with E-state index in [4.69, 9.17) is 4.74 Å². The van der Waals surface area contributed by atoms with Gasteiger partial charge in [0.2, 0.25) is 0 Å². The van der Waals surface area contributed by atoms with Crippen LogP contribution in [0, 0.1) is 0 Å². The van der Waals surface area contributed by atoms with Crippen LogP contribution in [0.3, 0.4) is 0 Å². The maximum Gasteiger partial charge on any atom is 0.0993 e. The van der Waals surface area contributed by atoms with Crippen molar-refractivity contribution in [1.82, 2.24) is 14.9 Å². The molecule has 0 N–H and O–H groups in total. The predicted molar refractivity (Wildman–Crippen MR) is 57.9 cm³/mol. The molecular weight excluding hydrogens is 178 g/mol. The molecule has 0 amide bonds. The number of morpholine rings is 1. The first-order chi connectivity index (χ1) is 6.70. The minimum Gasteiger partial charge on any atom is -0.377 e. The second-order valence-electron chi connectivity index (χ2n) is 3.82. The van der Waals surface area contributed by atoms with E-state index in [-0.39, 0.29) is 0 Å². The van der Waals surface area contributed by atoms with Crippen molar-refractivity contribution >= 4 is 0 Å². The summed E-state index contributed by atoms with van der Waals surface area (Å²) in [5.74, 6) is 0. The van der Waals surface area contributed by atoms with E-state index in [0.29, 0.717) is 6.17 Å². The summed E-state index contributed by atoms with van der Waals surface area (Å²) < 4.78 is 5.50. The van der Waals surface area contributed by atoms with Crippen LogP contribution in [-0.4, -0.2) is 68.0 Å². The lowest BCUT2D eigenvalue weighted by molar-refractivity contribution is -0.162. The summed E-state index contributed by atoms with van der Waals surface area (Å²) >= 11 is 0. The van der Waals surface area contributed by atoms with Gasteiger partial charge in [-0.25, -0.2) is 10.0 Å². The monoisotopic (exact) mass is 201 g/mol. The average Bonchev–Trinajstić information content (AvgIpc) is 2.20. The number of hydrogen-bond donors (Lipinski definition) is 0. The highest BCUT2D eigenvalue weighted by Gasteiger charge is 2.27. The summed E-state index contributed by atoms with van der Waals surface area (Å²) in [6.45, 7) is 9.20. The summed E-state index contributed by atoms with van der Waals surface area (Å²) in [7, 11) is 4.21. The van der Waals surface area contributed by atoms with Gasteiger partial charge in [-0.05, 0) is 14.1 Å². The van der Waals surface area contributed by atoms with Gasteiger partial charge in [0, 0.05) is 19.6 Å². The molecule has 0 spiro atoms. The Labute approximate surface area is 87.4 Å². The summed E-state index contributed by atoms with van der Waals surface area (Å²) in [4.78, 5) is 2.22. The Bertz CT molecular complexity index is 159. The van der Waals surface area contributed by atoms with Gasteiger partial charge in [-0.1, -0.05) is 13.8 Å². The fourth-order valence-corrected chi connectivity index (χ4v) is 1.91. The van der Waals surface area contributed by atoms with Crippen molar-refractivity contribution in [3.8, 4) is 0 Å². The molecule has 1 aliphatic heterocycles. The van der Waals surface area contributed by atoms with Crippen molar-refractivity contribution in [2.24, 2.45) is 0 Å². The average molecular weight is 201 g/mol. The molecular formula is C10H23N3O. The molecule has 0 saturated carbocycles. The molecule has 4 nitrogen and oxygen atoms in total. The number of ether oxygens (including phenoxy) is 1. The molecule has 1 rings (SSSR count). The SMILES string of the molecule is CCN(CC)N1CCOCC1N(C)C. The molecule has 0 aromatic heterocycles. The van der Waals surface area contributed by atoms with E-state index >= 15 is 0 Å². The summed E-state index contributed by atoms with van der Waals surface area (Å²) in [6, 6.07) is 0. The number of hydrogen-bond acceptors (Lipinski definition) is 4. The van der Waals surface area contributed by atoms with Crippen LogP contribution in [0.4, 0.5) is 0 Å². The van der Waals surface area contributed by atoms with Crippen molar-refractivity contribution in [3.63, 3.8) is 0 Å². The molecule has 1 saturated heterocycles. The molecule has 0 bridgehead atoms. The quantitative estimate of drug-likeness (QED) is 0.658. The van der Waals surface area contributed by atoms with Crippen LogP contribution in [0.1, 0.15) is 13.8 Å². The van der Waals surface area contributed by atoms with Crippen LogP contribution in [-0.2, 0) is 4.74 Å². The molecule has 1 fully saturated rings. The van der Waals surface area contributed by atoms with E-state index in [9.17, 15) is 0 Å². The second-order valence-corrected chi connectivity index (χ2v) is 3.82. The highest BCUT2D eigenvalue weighted by molar-refractivity contribution is 4.71. The molecule has 1 unspecified atom stereocenters. The third-order valence-electron chi connectivity index (χ3n) is 2.77. The lowest BCUT2D eigenvalue weighted by Crippen LogP contribution is -2.59. The van der Waals surface area contributed by atoms with E-state index < -0.39 is 0 Å². The maximum atomic E-state index is 5.50. The summed E-state index contributed by atoms with van der Waals surface area (Å²) in [6.07, 6.45) is 0.392. The van der Waals surface area contributed by atoms with Gasteiger partial charge in [0.1, 0.15) is 0 Å². The number of rotatable bonds is 4. The van der Waals surface area contributed by atoms with Crippen molar-refractivity contribution in [2.45, 2.75) is 20.0 Å². The topological polar surface area (TPSA) is 19.0 Å². The van der Waals surface area contributed by atoms with Gasteiger partial charge in [0.05, 0.1) is 19.4 Å². The number of hydrazine groups is 1. The Morgan fingerprint density at radius 1 is 1.29 bits per heavy atom. The van der Waals surface area contributed by atoms with Crippen LogP contribution >= 0.6 is 0 Å². The standard InChI is InChI=1S/C10H23N3O/c1-5-12(6-2)13-7-8-14-9-10(13)11(3)4/h10H,5-9H2,1-4H3. The van der Waals surface area contributed by atoms with Gasteiger partial charge in [-0.3, -0.25) is 4.90 Å². The molecule has 1 aliphatic rings. The number of nitrogens with zero attached hydrogens (tertiary/aromatic N) is 3. The van der Waals surface area contributed by atoms with Crippen LogP contribution in [0.2, 0.25) is 0 Å². The highest BCUT2D eigenvalue weighted by Crippen LogP contribution is 2.11. The fraction of sp³-hybridized carbons (Fsp3) is 1.00. The Balaban J connectivity index is 2.61. The third-order valence-corrected chi connectivity index (χ3v) is 2.77. The minimum atomic E-state index is 0.392. The Hall–Kier alpha value is -0.160. The summed E-state index contributed by atoms with van der Waals surface area (Å²) in [5, 5.41) is 4.80. The van der Waals surface area contributed by atoms with Crippen molar-refractivity contribution in [2.75, 3.05) is 46.9 Å². The minimum absolute atomic E-state index is 0.392. The van der Waals surface area contributed by atoms with Crippen LogP contribution < -0.4 is 0 Å². The zero-order valence-electron chi connectivity index (χ0n) is 9.86. The predicted octanol–water partition coefficient (Wildman–Crippen LogP) is 0.463. The van der Waals surface area contributed by atoms with Crippen LogP contribution in [0.25, 0.3) is 0 Å². The zero-order chi connectivity index (χ0) is 10.6. The van der Waals surface area contributed by atoms with Gasteiger partial charge < -0.3 is 4.74 Å². The highest BCUT2D eigenvalue weighted by atomic mass is 16.5. The van der Waals surface area contributed by atoms with Crippen molar-refractivity contribution in [3.05, 3.63) is 0 Å². The molecule has 1 atom stereocenters. The smallest absolute Gasteiger partial charge is 0.0993 e. The fourth-order valence-electron chi connectivity index (χ4n) is 1.91. The van der Waals surface area contributed by atoms with Crippen LogP contribution in [0.5, 0.6) is 0 Å². The molecule has 1 heterocycles. The first kappa shape index (κ1) is 11.9. The van der Waals surface area contributed by atoms with Gasteiger partial charge in [-0.2, -0.15) is 0 Å². The normalized spacial score (nSPS) is 24.9. The molecule has 0 aromatic carbocycles. The zero-order valence-corrected chi connectivity index (χ0v) is 9.86. The second kappa shape index (κ2) is 5.66. The van der Waals surface area contributed by atoms with Gasteiger partial charge in [0.25, 0.3) is 0 Å². The lowest BCUT2D eigenvalue weighted by atomic mass is 10.3. The largest absolute Gasteiger partial charge is 0.377 e. The Morgan fingerprint density at radius 3 is 2.43 bits per heavy atom. The Kier molecular flexibility index (Phi) is 4.81. The number of likely N-dealkylation sites (N-methyl/N-ethyl adjacent to an activating group) is 1. The first-order valence-corrected chi connectivity index (χ1v) is 5.46. The van der Waals surface area contributed by atoms with E-state index in [2.05, 4.69) is 42.9 Å². The van der Waals surface area contributed by atoms with Crippen molar-refractivity contribution < 1.29 is 4.74 Å². The first-order valence-electron chi connectivity index (χ1n) is 5.46. The van der Waals surface area contributed by atoms with Gasteiger partial charge in [-0.15, -0.1) is 0 Å². The molecule has 14 heavy (non-hydrogen) atoms. The van der Waals surface area contributed by atoms with E-state index in [1.54, 1.807) is 0 Å². The third kappa shape index (κ3) is 2.67. The van der Waals surface area contributed by atoms with Crippen molar-refractivity contribution in [1.29, 1.82) is 0 Å². The maximum absolute atomic E-state index is 5.50. The molecule has 4 heteroatoms. The molecule has 84 valence electrons. The van der Waals surface area contributed by atoms with E-state index in [0.717, 1.165) is 32.8 Å². The summed E-state index contributed by atoms with van der Waals surface area (Å²) in [5.41, 5.74) is 0. The molecule has 0 aliphatic carbocycles.